The van der Waals surface area contributed by atoms with Gasteiger partial charge in [0.2, 0.25) is 0 Å². The molecule has 1 aromatic carbocycles. The largest absolute Gasteiger partial charge is 0.202 e. The standard InChI is InChI=1S/C8Cl2F2N2/c9-5-3(1-13)4(2-14)7(11)8(12)6(5)10. The van der Waals surface area contributed by atoms with Crippen LogP contribution in [-0.4, -0.2) is 0 Å². The highest BCUT2D eigenvalue weighted by molar-refractivity contribution is 6.42. The molecule has 0 heterocycles. The van der Waals surface area contributed by atoms with Gasteiger partial charge in [0.15, 0.2) is 11.6 Å². The first-order chi connectivity index (χ1) is 6.54. The fourth-order valence-electron chi connectivity index (χ4n) is 0.842. The second-order valence-corrected chi connectivity index (χ2v) is 2.99. The van der Waals surface area contributed by atoms with Crippen LogP contribution in [0.3, 0.4) is 0 Å². The Bertz CT molecular complexity index is 441. The fraction of sp³-hybridized carbons (Fsp3) is 0. The number of benzene rings is 1. The van der Waals surface area contributed by atoms with Gasteiger partial charge < -0.3 is 0 Å². The summed E-state index contributed by atoms with van der Waals surface area (Å²) in [5, 5.41) is 15.8. The lowest BCUT2D eigenvalue weighted by Crippen LogP contribution is -1.97. The molecular weight excluding hydrogens is 233 g/mol. The first kappa shape index (κ1) is 10.7. The first-order valence-corrected chi connectivity index (χ1v) is 3.96. The number of rotatable bonds is 0. The van der Waals surface area contributed by atoms with Crippen LogP contribution in [0.2, 0.25) is 10.0 Å². The smallest absolute Gasteiger partial charge is 0.180 e. The summed E-state index contributed by atoms with van der Waals surface area (Å²) in [5.74, 6) is -2.88. The monoisotopic (exact) mass is 232 g/mol. The van der Waals surface area contributed by atoms with Crippen LogP contribution in [0, 0.1) is 34.3 Å². The molecule has 0 saturated carbocycles. The van der Waals surface area contributed by atoms with Crippen molar-refractivity contribution in [3.8, 4) is 12.1 Å². The van der Waals surface area contributed by atoms with Gasteiger partial charge >= 0.3 is 0 Å². The van der Waals surface area contributed by atoms with Crippen molar-refractivity contribution in [2.24, 2.45) is 0 Å². The molecular formula is C8Cl2F2N2. The topological polar surface area (TPSA) is 47.6 Å². The summed E-state index contributed by atoms with van der Waals surface area (Å²) in [5.41, 5.74) is -1.20. The van der Waals surface area contributed by atoms with E-state index in [-0.39, 0.29) is 0 Å². The zero-order valence-corrected chi connectivity index (χ0v) is 7.92. The number of hydrogen-bond donors (Lipinski definition) is 0. The van der Waals surface area contributed by atoms with E-state index in [0.29, 0.717) is 0 Å². The van der Waals surface area contributed by atoms with Crippen molar-refractivity contribution in [3.63, 3.8) is 0 Å². The van der Waals surface area contributed by atoms with E-state index in [9.17, 15) is 8.78 Å². The Kier molecular flexibility index (Phi) is 2.90. The highest BCUT2D eigenvalue weighted by Gasteiger charge is 2.22. The van der Waals surface area contributed by atoms with Gasteiger partial charge in [-0.25, -0.2) is 8.78 Å². The summed E-state index contributed by atoms with van der Waals surface area (Å²) >= 11 is 10.7. The minimum atomic E-state index is -1.46. The van der Waals surface area contributed by atoms with Gasteiger partial charge in [-0.15, -0.1) is 0 Å². The maximum absolute atomic E-state index is 13.0. The van der Waals surface area contributed by atoms with Gasteiger partial charge in [-0.3, -0.25) is 0 Å². The number of hydrogen-bond acceptors (Lipinski definition) is 2. The zero-order valence-electron chi connectivity index (χ0n) is 6.41. The van der Waals surface area contributed by atoms with Gasteiger partial charge in [0, 0.05) is 0 Å². The molecule has 0 aliphatic rings. The van der Waals surface area contributed by atoms with E-state index in [0.717, 1.165) is 0 Å². The molecule has 6 heteroatoms. The third kappa shape index (κ3) is 1.39. The molecule has 2 nitrogen and oxygen atoms in total. The summed E-state index contributed by atoms with van der Waals surface area (Å²) in [6.45, 7) is 0. The maximum atomic E-state index is 13.0. The van der Waals surface area contributed by atoms with Gasteiger partial charge in [0.25, 0.3) is 0 Å². The maximum Gasteiger partial charge on any atom is 0.180 e. The molecule has 0 fully saturated rings. The predicted molar refractivity (Wildman–Crippen MR) is 45.8 cm³/mol. The van der Waals surface area contributed by atoms with Gasteiger partial charge in [0.05, 0.1) is 15.6 Å². The van der Waals surface area contributed by atoms with Crippen molar-refractivity contribution in [1.82, 2.24) is 0 Å². The number of halogens is 4. The van der Waals surface area contributed by atoms with E-state index in [4.69, 9.17) is 33.7 Å². The van der Waals surface area contributed by atoms with Crippen LogP contribution in [0.5, 0.6) is 0 Å². The van der Waals surface area contributed by atoms with Gasteiger partial charge in [0.1, 0.15) is 17.7 Å². The highest BCUT2D eigenvalue weighted by Crippen LogP contribution is 2.32. The Hall–Kier alpha value is -1.36. The lowest BCUT2D eigenvalue weighted by Gasteiger charge is -2.03. The minimum absolute atomic E-state index is 0.454. The van der Waals surface area contributed by atoms with Crippen LogP contribution in [-0.2, 0) is 0 Å². The molecule has 0 saturated heterocycles. The summed E-state index contributed by atoms with van der Waals surface area (Å²) in [6, 6.07) is 2.82. The second kappa shape index (κ2) is 3.79. The van der Waals surface area contributed by atoms with Crippen LogP contribution >= 0.6 is 23.2 Å². The SMILES string of the molecule is N#Cc1c(F)c(F)c(Cl)c(Cl)c1C#N. The molecule has 0 aliphatic carbocycles. The molecule has 0 aliphatic heterocycles. The molecule has 14 heavy (non-hydrogen) atoms. The van der Waals surface area contributed by atoms with Crippen LogP contribution in [0.15, 0.2) is 0 Å². The molecule has 0 radical (unpaired) electrons. The van der Waals surface area contributed by atoms with Crippen molar-refractivity contribution in [1.29, 1.82) is 10.5 Å². The molecule has 0 aromatic heterocycles. The molecule has 1 rings (SSSR count). The molecule has 0 N–H and O–H groups in total. The Labute approximate surface area is 87.9 Å². The lowest BCUT2D eigenvalue weighted by atomic mass is 10.1. The third-order valence-electron chi connectivity index (χ3n) is 1.49. The first-order valence-electron chi connectivity index (χ1n) is 3.20. The fourth-order valence-corrected chi connectivity index (χ4v) is 1.24. The molecule has 0 amide bonds. The summed E-state index contributed by atoms with van der Waals surface area (Å²) in [6.07, 6.45) is 0. The van der Waals surface area contributed by atoms with Crippen LogP contribution in [0.25, 0.3) is 0 Å². The summed E-state index contributed by atoms with van der Waals surface area (Å²) in [7, 11) is 0. The average Bonchev–Trinajstić information content (AvgIpc) is 2.20. The van der Waals surface area contributed by atoms with E-state index >= 15 is 0 Å². The Morgan fingerprint density at radius 1 is 0.857 bits per heavy atom. The second-order valence-electron chi connectivity index (χ2n) is 2.23. The van der Waals surface area contributed by atoms with Gasteiger partial charge in [-0.2, -0.15) is 10.5 Å². The zero-order chi connectivity index (χ0) is 10.9. The summed E-state index contributed by atoms with van der Waals surface area (Å²) < 4.78 is 25.9. The predicted octanol–water partition coefficient (Wildman–Crippen LogP) is 3.01. The van der Waals surface area contributed by atoms with Crippen molar-refractivity contribution >= 4 is 23.2 Å². The third-order valence-corrected chi connectivity index (χ3v) is 2.32. The van der Waals surface area contributed by atoms with Crippen molar-refractivity contribution in [2.75, 3.05) is 0 Å². The summed E-state index contributed by atoms with van der Waals surface area (Å²) in [4.78, 5) is 0. The number of nitriles is 2. The Balaban J connectivity index is 3.79. The molecule has 1 aromatic rings. The molecule has 0 spiro atoms. The van der Waals surface area contributed by atoms with E-state index < -0.39 is 32.8 Å². The van der Waals surface area contributed by atoms with E-state index in [1.807, 2.05) is 0 Å². The van der Waals surface area contributed by atoms with Crippen LogP contribution in [0.1, 0.15) is 11.1 Å². The van der Waals surface area contributed by atoms with Gasteiger partial charge in [-0.05, 0) is 0 Å². The Morgan fingerprint density at radius 2 is 1.36 bits per heavy atom. The number of nitrogens with zero attached hydrogens (tertiary/aromatic N) is 2. The lowest BCUT2D eigenvalue weighted by molar-refractivity contribution is 0.506. The molecule has 70 valence electrons. The van der Waals surface area contributed by atoms with E-state index in [1.54, 1.807) is 0 Å². The quantitative estimate of drug-likeness (QED) is 0.510. The highest BCUT2D eigenvalue weighted by atomic mass is 35.5. The molecule has 0 unspecified atom stereocenters. The van der Waals surface area contributed by atoms with Crippen LogP contribution in [0.4, 0.5) is 8.78 Å². The normalized spacial score (nSPS) is 9.29. The molecule has 0 atom stereocenters. The van der Waals surface area contributed by atoms with Crippen LogP contribution < -0.4 is 0 Å². The van der Waals surface area contributed by atoms with E-state index in [2.05, 4.69) is 0 Å². The Morgan fingerprint density at radius 3 is 1.79 bits per heavy atom. The van der Waals surface area contributed by atoms with Crippen molar-refractivity contribution in [2.45, 2.75) is 0 Å². The molecule has 0 bridgehead atoms. The van der Waals surface area contributed by atoms with Crippen molar-refractivity contribution in [3.05, 3.63) is 32.8 Å². The minimum Gasteiger partial charge on any atom is -0.202 e. The van der Waals surface area contributed by atoms with Gasteiger partial charge in [-0.1, -0.05) is 23.2 Å². The average molecular weight is 233 g/mol. The van der Waals surface area contributed by atoms with Crippen molar-refractivity contribution < 1.29 is 8.78 Å². The van der Waals surface area contributed by atoms with E-state index in [1.165, 1.54) is 12.1 Å².